The second kappa shape index (κ2) is 7.28. The summed E-state index contributed by atoms with van der Waals surface area (Å²) >= 11 is 0. The normalized spacial score (nSPS) is 21.9. The number of aromatic nitrogens is 2. The first-order chi connectivity index (χ1) is 12.6. The van der Waals surface area contributed by atoms with Crippen molar-refractivity contribution in [3.8, 4) is 0 Å². The van der Waals surface area contributed by atoms with Crippen LogP contribution in [-0.4, -0.2) is 74.4 Å². The van der Waals surface area contributed by atoms with Crippen LogP contribution in [0.1, 0.15) is 31.0 Å². The van der Waals surface area contributed by atoms with Gasteiger partial charge in [-0.2, -0.15) is 9.29 Å². The van der Waals surface area contributed by atoms with Crippen molar-refractivity contribution in [1.29, 1.82) is 0 Å². The summed E-state index contributed by atoms with van der Waals surface area (Å²) in [5.74, 6) is 1.83. The molecule has 0 saturated carbocycles. The van der Waals surface area contributed by atoms with Gasteiger partial charge in [-0.05, 0) is 19.8 Å². The van der Waals surface area contributed by atoms with Crippen molar-refractivity contribution >= 4 is 21.8 Å². The van der Waals surface area contributed by atoms with Crippen LogP contribution >= 0.6 is 0 Å². The van der Waals surface area contributed by atoms with E-state index in [1.54, 1.807) is 11.2 Å². The van der Waals surface area contributed by atoms with E-state index in [0.717, 1.165) is 49.2 Å². The fourth-order valence-electron chi connectivity index (χ4n) is 3.87. The van der Waals surface area contributed by atoms with E-state index < -0.39 is 10.0 Å². The fourth-order valence-corrected chi connectivity index (χ4v) is 4.93. The SMILES string of the molecule is CCS(=O)(=O)N1CCc2nc(N3CCCC3)nc(N3CCOCC3)c2C1. The maximum absolute atomic E-state index is 12.4. The number of ether oxygens (including phenoxy) is 1. The third-order valence-electron chi connectivity index (χ3n) is 5.45. The van der Waals surface area contributed by atoms with Gasteiger partial charge in [-0.3, -0.25) is 0 Å². The second-order valence-corrected chi connectivity index (χ2v) is 9.31. The Morgan fingerprint density at radius 1 is 1.00 bits per heavy atom. The molecule has 2 fully saturated rings. The molecule has 4 heterocycles. The van der Waals surface area contributed by atoms with E-state index in [1.165, 1.54) is 12.8 Å². The number of anilines is 2. The number of fused-ring (bicyclic) bond motifs is 1. The first-order valence-electron chi connectivity index (χ1n) is 9.54. The summed E-state index contributed by atoms with van der Waals surface area (Å²) in [6, 6.07) is 0. The third kappa shape index (κ3) is 3.39. The fraction of sp³-hybridized carbons (Fsp3) is 0.765. The predicted molar refractivity (Wildman–Crippen MR) is 100 cm³/mol. The van der Waals surface area contributed by atoms with Gasteiger partial charge in [-0.15, -0.1) is 0 Å². The van der Waals surface area contributed by atoms with Crippen molar-refractivity contribution in [3.05, 3.63) is 11.3 Å². The average molecular weight is 382 g/mol. The lowest BCUT2D eigenvalue weighted by molar-refractivity contribution is 0.122. The highest BCUT2D eigenvalue weighted by Crippen LogP contribution is 2.31. The zero-order valence-corrected chi connectivity index (χ0v) is 16.2. The van der Waals surface area contributed by atoms with E-state index >= 15 is 0 Å². The molecule has 26 heavy (non-hydrogen) atoms. The van der Waals surface area contributed by atoms with Crippen molar-refractivity contribution in [3.63, 3.8) is 0 Å². The summed E-state index contributed by atoms with van der Waals surface area (Å²) in [7, 11) is -3.21. The molecule has 1 aromatic heterocycles. The molecule has 9 heteroatoms. The number of nitrogens with zero attached hydrogens (tertiary/aromatic N) is 5. The molecule has 0 N–H and O–H groups in total. The molecule has 0 radical (unpaired) electrons. The summed E-state index contributed by atoms with van der Waals surface area (Å²) in [6.07, 6.45) is 3.00. The van der Waals surface area contributed by atoms with Crippen molar-refractivity contribution in [2.24, 2.45) is 0 Å². The van der Waals surface area contributed by atoms with Gasteiger partial charge in [0.2, 0.25) is 16.0 Å². The van der Waals surface area contributed by atoms with Gasteiger partial charge in [0.05, 0.1) is 24.7 Å². The molecular weight excluding hydrogens is 354 g/mol. The smallest absolute Gasteiger partial charge is 0.227 e. The Morgan fingerprint density at radius 3 is 2.42 bits per heavy atom. The van der Waals surface area contributed by atoms with Crippen LogP contribution in [0.25, 0.3) is 0 Å². The van der Waals surface area contributed by atoms with Crippen LogP contribution in [0.2, 0.25) is 0 Å². The van der Waals surface area contributed by atoms with Crippen LogP contribution in [0.15, 0.2) is 0 Å². The van der Waals surface area contributed by atoms with Gasteiger partial charge >= 0.3 is 0 Å². The molecule has 0 aromatic carbocycles. The standard InChI is InChI=1S/C17H27N5O3S/c1-2-26(23,24)22-8-5-15-14(13-22)16(20-9-11-25-12-10-20)19-17(18-15)21-6-3-4-7-21/h2-13H2,1H3. The van der Waals surface area contributed by atoms with Crippen LogP contribution in [0, 0.1) is 0 Å². The van der Waals surface area contributed by atoms with Crippen molar-refractivity contribution < 1.29 is 13.2 Å². The van der Waals surface area contributed by atoms with Crippen LogP contribution in [0.4, 0.5) is 11.8 Å². The Kier molecular flexibility index (Phi) is 5.02. The molecule has 3 aliphatic rings. The predicted octanol–water partition coefficient (Wildman–Crippen LogP) is 0.621. The van der Waals surface area contributed by atoms with Gasteiger partial charge in [-0.25, -0.2) is 13.4 Å². The van der Waals surface area contributed by atoms with Gasteiger partial charge in [0.25, 0.3) is 0 Å². The van der Waals surface area contributed by atoms with Crippen LogP contribution in [0.5, 0.6) is 0 Å². The Hall–Kier alpha value is -1.45. The Bertz CT molecular complexity index is 758. The highest BCUT2D eigenvalue weighted by molar-refractivity contribution is 7.89. The third-order valence-corrected chi connectivity index (χ3v) is 7.28. The zero-order valence-electron chi connectivity index (χ0n) is 15.4. The van der Waals surface area contributed by atoms with Crippen LogP contribution in [0.3, 0.4) is 0 Å². The molecule has 0 atom stereocenters. The minimum atomic E-state index is -3.21. The number of hydrogen-bond donors (Lipinski definition) is 0. The van der Waals surface area contributed by atoms with Gasteiger partial charge in [-0.1, -0.05) is 0 Å². The van der Waals surface area contributed by atoms with Crippen LogP contribution in [-0.2, 0) is 27.7 Å². The maximum atomic E-state index is 12.4. The minimum Gasteiger partial charge on any atom is -0.378 e. The maximum Gasteiger partial charge on any atom is 0.227 e. The summed E-state index contributed by atoms with van der Waals surface area (Å²) in [5.41, 5.74) is 1.98. The Labute approximate surface area is 155 Å². The van der Waals surface area contributed by atoms with Gasteiger partial charge in [0, 0.05) is 51.3 Å². The number of rotatable bonds is 4. The monoisotopic (exact) mass is 381 g/mol. The number of hydrogen-bond acceptors (Lipinski definition) is 7. The van der Waals surface area contributed by atoms with Crippen molar-refractivity contribution in [2.75, 3.05) is 61.5 Å². The quantitative estimate of drug-likeness (QED) is 0.756. The zero-order chi connectivity index (χ0) is 18.1. The summed E-state index contributed by atoms with van der Waals surface area (Å²) in [5, 5.41) is 0. The average Bonchev–Trinajstić information content (AvgIpc) is 3.22. The van der Waals surface area contributed by atoms with Gasteiger partial charge in [0.1, 0.15) is 5.82 Å². The lowest BCUT2D eigenvalue weighted by atomic mass is 10.1. The largest absolute Gasteiger partial charge is 0.378 e. The molecule has 1 aromatic rings. The Morgan fingerprint density at radius 2 is 1.73 bits per heavy atom. The molecule has 8 nitrogen and oxygen atoms in total. The first kappa shape index (κ1) is 17.9. The highest BCUT2D eigenvalue weighted by Gasteiger charge is 2.31. The van der Waals surface area contributed by atoms with Gasteiger partial charge < -0.3 is 14.5 Å². The lowest BCUT2D eigenvalue weighted by Gasteiger charge is -2.34. The molecule has 3 aliphatic heterocycles. The van der Waals surface area contributed by atoms with Gasteiger partial charge in [0.15, 0.2) is 0 Å². The molecule has 0 spiro atoms. The minimum absolute atomic E-state index is 0.127. The van der Waals surface area contributed by atoms with E-state index in [2.05, 4.69) is 9.80 Å². The highest BCUT2D eigenvalue weighted by atomic mass is 32.2. The molecule has 0 aliphatic carbocycles. The first-order valence-corrected chi connectivity index (χ1v) is 11.1. The van der Waals surface area contributed by atoms with E-state index in [4.69, 9.17) is 14.7 Å². The van der Waals surface area contributed by atoms with E-state index in [-0.39, 0.29) is 5.75 Å². The molecular formula is C17H27N5O3S. The molecule has 4 rings (SSSR count). The molecule has 0 bridgehead atoms. The van der Waals surface area contributed by atoms with Crippen molar-refractivity contribution in [1.82, 2.24) is 14.3 Å². The Balaban J connectivity index is 1.72. The molecule has 0 amide bonds. The lowest BCUT2D eigenvalue weighted by Crippen LogP contribution is -2.42. The van der Waals surface area contributed by atoms with E-state index in [0.29, 0.717) is 32.7 Å². The second-order valence-electron chi connectivity index (χ2n) is 7.05. The summed E-state index contributed by atoms with van der Waals surface area (Å²) in [4.78, 5) is 14.2. The summed E-state index contributed by atoms with van der Waals surface area (Å²) < 4.78 is 31.8. The van der Waals surface area contributed by atoms with E-state index in [1.807, 2.05) is 0 Å². The summed E-state index contributed by atoms with van der Waals surface area (Å²) in [6.45, 7) is 7.48. The van der Waals surface area contributed by atoms with E-state index in [9.17, 15) is 8.42 Å². The number of sulfonamides is 1. The van der Waals surface area contributed by atoms with Crippen LogP contribution < -0.4 is 9.80 Å². The molecule has 144 valence electrons. The van der Waals surface area contributed by atoms with Crippen molar-refractivity contribution in [2.45, 2.75) is 32.7 Å². The topological polar surface area (TPSA) is 78.9 Å². The number of morpholine rings is 1. The molecule has 2 saturated heterocycles. The molecule has 0 unspecified atom stereocenters.